The lowest BCUT2D eigenvalue weighted by molar-refractivity contribution is 0.604. The fraction of sp³-hybridized carbons (Fsp3) is 0.400. The average molecular weight is 208 g/mol. The maximum absolute atomic E-state index is 11.4. The minimum absolute atomic E-state index is 0.0539. The number of thiophene rings is 1. The van der Waals surface area contributed by atoms with Gasteiger partial charge in [-0.1, -0.05) is 20.8 Å². The molecule has 0 radical (unpaired) electrons. The summed E-state index contributed by atoms with van der Waals surface area (Å²) in [6, 6.07) is 1.94. The van der Waals surface area contributed by atoms with Crippen molar-refractivity contribution in [2.75, 3.05) is 0 Å². The second kappa shape index (κ2) is 2.92. The van der Waals surface area contributed by atoms with Crippen LogP contribution in [0.1, 0.15) is 25.6 Å². The first-order valence-electron chi connectivity index (χ1n) is 4.46. The maximum atomic E-state index is 11.4. The third-order valence-electron chi connectivity index (χ3n) is 2.07. The van der Waals surface area contributed by atoms with Crippen LogP contribution in [0.25, 0.3) is 10.2 Å². The fourth-order valence-electron chi connectivity index (χ4n) is 1.24. The first-order valence-corrected chi connectivity index (χ1v) is 5.28. The summed E-state index contributed by atoms with van der Waals surface area (Å²) in [4.78, 5) is 20.2. The summed E-state index contributed by atoms with van der Waals surface area (Å²) in [5, 5.41) is 0.697. The molecule has 0 fully saturated rings. The summed E-state index contributed by atoms with van der Waals surface area (Å²) in [6.45, 7) is 6.39. The van der Waals surface area contributed by atoms with Crippen molar-refractivity contribution in [1.82, 2.24) is 9.97 Å². The van der Waals surface area contributed by atoms with E-state index in [4.69, 9.17) is 0 Å². The van der Waals surface area contributed by atoms with Gasteiger partial charge in [0.15, 0.2) is 0 Å². The molecule has 0 aromatic carbocycles. The highest BCUT2D eigenvalue weighted by Crippen LogP contribution is 2.31. The number of rotatable bonds is 0. The molecule has 2 aromatic rings. The van der Waals surface area contributed by atoms with Crippen LogP contribution in [0.4, 0.5) is 0 Å². The third kappa shape index (κ3) is 1.46. The van der Waals surface area contributed by atoms with Crippen LogP contribution in [-0.4, -0.2) is 9.97 Å². The van der Waals surface area contributed by atoms with E-state index in [1.165, 1.54) is 11.2 Å². The van der Waals surface area contributed by atoms with Crippen molar-refractivity contribution in [2.24, 2.45) is 0 Å². The van der Waals surface area contributed by atoms with Crippen LogP contribution >= 0.6 is 11.3 Å². The molecule has 2 heterocycles. The second-order valence-corrected chi connectivity index (χ2v) is 5.34. The van der Waals surface area contributed by atoms with Crippen molar-refractivity contribution in [3.63, 3.8) is 0 Å². The van der Waals surface area contributed by atoms with E-state index in [-0.39, 0.29) is 11.0 Å². The summed E-state index contributed by atoms with van der Waals surface area (Å²) in [5.74, 6) is 0. The lowest BCUT2D eigenvalue weighted by Gasteiger charge is -2.14. The van der Waals surface area contributed by atoms with Crippen LogP contribution in [-0.2, 0) is 5.41 Å². The van der Waals surface area contributed by atoms with Crippen LogP contribution in [0, 0.1) is 0 Å². The summed E-state index contributed by atoms with van der Waals surface area (Å²) in [7, 11) is 0. The largest absolute Gasteiger partial charge is 0.313 e. The van der Waals surface area contributed by atoms with Crippen LogP contribution < -0.4 is 5.56 Å². The standard InChI is InChI=1S/C10H12N2OS/c1-10(2,3)7-4-6-8(13)11-5-12-9(6)14-7/h4-5H,1-3H3,(H,11,12,13). The Morgan fingerprint density at radius 1 is 1.43 bits per heavy atom. The second-order valence-electron chi connectivity index (χ2n) is 4.31. The number of aromatic amines is 1. The quantitative estimate of drug-likeness (QED) is 0.722. The molecule has 0 amide bonds. The Kier molecular flexibility index (Phi) is 1.96. The average Bonchev–Trinajstić information content (AvgIpc) is 2.48. The van der Waals surface area contributed by atoms with Gasteiger partial charge < -0.3 is 4.98 Å². The molecular weight excluding hydrogens is 196 g/mol. The van der Waals surface area contributed by atoms with E-state index in [2.05, 4.69) is 30.7 Å². The topological polar surface area (TPSA) is 45.8 Å². The van der Waals surface area contributed by atoms with Gasteiger partial charge in [-0.2, -0.15) is 0 Å². The zero-order valence-electron chi connectivity index (χ0n) is 8.42. The molecule has 2 rings (SSSR count). The fourth-order valence-corrected chi connectivity index (χ4v) is 2.30. The maximum Gasteiger partial charge on any atom is 0.259 e. The van der Waals surface area contributed by atoms with E-state index in [1.54, 1.807) is 11.3 Å². The van der Waals surface area contributed by atoms with Gasteiger partial charge in [0.1, 0.15) is 4.83 Å². The summed E-state index contributed by atoms with van der Waals surface area (Å²) >= 11 is 1.59. The Hall–Kier alpha value is -1.16. The Balaban J connectivity index is 2.75. The SMILES string of the molecule is CC(C)(C)c1cc2c(=O)[nH]cnc2s1. The van der Waals surface area contributed by atoms with Crippen molar-refractivity contribution in [1.29, 1.82) is 0 Å². The number of nitrogens with one attached hydrogen (secondary N) is 1. The van der Waals surface area contributed by atoms with Gasteiger partial charge in [0.2, 0.25) is 0 Å². The van der Waals surface area contributed by atoms with E-state index >= 15 is 0 Å². The lowest BCUT2D eigenvalue weighted by atomic mass is 9.94. The minimum Gasteiger partial charge on any atom is -0.313 e. The van der Waals surface area contributed by atoms with Gasteiger partial charge in [-0.15, -0.1) is 11.3 Å². The molecular formula is C10H12N2OS. The van der Waals surface area contributed by atoms with Crippen molar-refractivity contribution in [2.45, 2.75) is 26.2 Å². The predicted molar refractivity (Wildman–Crippen MR) is 58.9 cm³/mol. The smallest absolute Gasteiger partial charge is 0.259 e. The molecule has 0 bridgehead atoms. The molecule has 2 aromatic heterocycles. The highest BCUT2D eigenvalue weighted by atomic mass is 32.1. The van der Waals surface area contributed by atoms with Gasteiger partial charge in [0, 0.05) is 4.88 Å². The van der Waals surface area contributed by atoms with E-state index in [9.17, 15) is 4.79 Å². The molecule has 74 valence electrons. The van der Waals surface area contributed by atoms with Gasteiger partial charge in [0.25, 0.3) is 5.56 Å². The van der Waals surface area contributed by atoms with E-state index < -0.39 is 0 Å². The van der Waals surface area contributed by atoms with E-state index in [0.29, 0.717) is 5.39 Å². The number of aromatic nitrogens is 2. The molecule has 0 aliphatic heterocycles. The Morgan fingerprint density at radius 2 is 2.14 bits per heavy atom. The molecule has 0 aliphatic rings. The zero-order chi connectivity index (χ0) is 10.3. The van der Waals surface area contributed by atoms with Crippen LogP contribution in [0.3, 0.4) is 0 Å². The molecule has 0 saturated heterocycles. The molecule has 0 unspecified atom stereocenters. The molecule has 14 heavy (non-hydrogen) atoms. The molecule has 0 saturated carbocycles. The van der Waals surface area contributed by atoms with Crippen molar-refractivity contribution >= 4 is 21.6 Å². The summed E-state index contributed by atoms with van der Waals surface area (Å²) in [6.07, 6.45) is 1.45. The molecule has 0 spiro atoms. The summed E-state index contributed by atoms with van der Waals surface area (Å²) in [5.41, 5.74) is 0.0272. The van der Waals surface area contributed by atoms with Gasteiger partial charge in [-0.25, -0.2) is 4.98 Å². The molecule has 3 nitrogen and oxygen atoms in total. The number of fused-ring (bicyclic) bond motifs is 1. The number of hydrogen-bond donors (Lipinski definition) is 1. The van der Waals surface area contributed by atoms with E-state index in [0.717, 1.165) is 4.83 Å². The highest BCUT2D eigenvalue weighted by molar-refractivity contribution is 7.18. The third-order valence-corrected chi connectivity index (χ3v) is 3.54. The van der Waals surface area contributed by atoms with Crippen LogP contribution in [0.2, 0.25) is 0 Å². The Labute approximate surface area is 85.8 Å². The number of H-pyrrole nitrogens is 1. The first kappa shape index (κ1) is 9.40. The monoisotopic (exact) mass is 208 g/mol. The van der Waals surface area contributed by atoms with Crippen molar-refractivity contribution in [3.8, 4) is 0 Å². The van der Waals surface area contributed by atoms with E-state index in [1.807, 2.05) is 6.07 Å². The molecule has 1 N–H and O–H groups in total. The van der Waals surface area contributed by atoms with Crippen molar-refractivity contribution < 1.29 is 0 Å². The van der Waals surface area contributed by atoms with Gasteiger partial charge >= 0.3 is 0 Å². The first-order chi connectivity index (χ1) is 6.48. The van der Waals surface area contributed by atoms with Crippen LogP contribution in [0.15, 0.2) is 17.2 Å². The van der Waals surface area contributed by atoms with Crippen LogP contribution in [0.5, 0.6) is 0 Å². The van der Waals surface area contributed by atoms with Crippen molar-refractivity contribution in [3.05, 3.63) is 27.6 Å². The zero-order valence-corrected chi connectivity index (χ0v) is 9.23. The predicted octanol–water partition coefficient (Wildman–Crippen LogP) is 2.28. The molecule has 0 atom stereocenters. The van der Waals surface area contributed by atoms with Gasteiger partial charge in [-0.05, 0) is 11.5 Å². The molecule has 4 heteroatoms. The highest BCUT2D eigenvalue weighted by Gasteiger charge is 2.17. The van der Waals surface area contributed by atoms with Gasteiger partial charge in [0.05, 0.1) is 11.7 Å². The number of nitrogens with zero attached hydrogens (tertiary/aromatic N) is 1. The molecule has 0 aliphatic carbocycles. The normalized spacial score (nSPS) is 12.2. The summed E-state index contributed by atoms with van der Waals surface area (Å²) < 4.78 is 0. The Bertz CT molecular complexity index is 519. The minimum atomic E-state index is -0.0539. The number of hydrogen-bond acceptors (Lipinski definition) is 3. The Morgan fingerprint density at radius 3 is 2.71 bits per heavy atom. The van der Waals surface area contributed by atoms with Gasteiger partial charge in [-0.3, -0.25) is 4.79 Å². The lowest BCUT2D eigenvalue weighted by Crippen LogP contribution is -2.08.